The second-order valence-electron chi connectivity index (χ2n) is 5.06. The number of Topliss-reactive ketones (excluding diaryl/α,β-unsaturated/α-hetero) is 1. The molecule has 2 atom stereocenters. The van der Waals surface area contributed by atoms with Crippen LogP contribution in [0.3, 0.4) is 0 Å². The van der Waals surface area contributed by atoms with Gasteiger partial charge in [-0.1, -0.05) is 13.8 Å². The van der Waals surface area contributed by atoms with Gasteiger partial charge >= 0.3 is 5.97 Å². The number of amides is 1. The van der Waals surface area contributed by atoms with Crippen LogP contribution in [-0.4, -0.2) is 30.8 Å². The lowest BCUT2D eigenvalue weighted by Crippen LogP contribution is -2.49. The van der Waals surface area contributed by atoms with Gasteiger partial charge in [-0.25, -0.2) is 4.79 Å². The normalized spacial score (nSPS) is 21.6. The van der Waals surface area contributed by atoms with Crippen LogP contribution in [-0.2, 0) is 19.1 Å². The maximum absolute atomic E-state index is 11.7. The number of carbonyl (C=O) groups is 3. The monoisotopic (exact) mass is 255 g/mol. The SMILES string of the molecule is COC(=O)[C@@H](NC(=O)C(C)C)[C@H]1CCCC(=O)C1. The van der Waals surface area contributed by atoms with Crippen LogP contribution in [0.25, 0.3) is 0 Å². The lowest BCUT2D eigenvalue weighted by molar-refractivity contribution is -0.147. The number of ketones is 1. The highest BCUT2D eigenvalue weighted by molar-refractivity contribution is 5.87. The Morgan fingerprint density at radius 1 is 1.39 bits per heavy atom. The molecular weight excluding hydrogens is 234 g/mol. The summed E-state index contributed by atoms with van der Waals surface area (Å²) in [5.74, 6) is -0.844. The number of nitrogens with one attached hydrogen (secondary N) is 1. The summed E-state index contributed by atoms with van der Waals surface area (Å²) in [6.07, 6.45) is 2.46. The molecule has 0 aromatic carbocycles. The lowest BCUT2D eigenvalue weighted by Gasteiger charge is -2.28. The molecule has 1 aliphatic carbocycles. The molecule has 5 nitrogen and oxygen atoms in total. The zero-order chi connectivity index (χ0) is 13.7. The molecule has 0 aromatic heterocycles. The van der Waals surface area contributed by atoms with Crippen molar-refractivity contribution in [2.45, 2.75) is 45.6 Å². The number of esters is 1. The topological polar surface area (TPSA) is 72.5 Å². The summed E-state index contributed by atoms with van der Waals surface area (Å²) in [5.41, 5.74) is 0. The van der Waals surface area contributed by atoms with Crippen molar-refractivity contribution in [1.29, 1.82) is 0 Å². The van der Waals surface area contributed by atoms with Crippen LogP contribution in [0.4, 0.5) is 0 Å². The van der Waals surface area contributed by atoms with Gasteiger partial charge < -0.3 is 10.1 Å². The molecule has 0 unspecified atom stereocenters. The predicted octanol–water partition coefficient (Wildman–Crippen LogP) is 1.06. The fourth-order valence-electron chi connectivity index (χ4n) is 2.16. The summed E-state index contributed by atoms with van der Waals surface area (Å²) >= 11 is 0. The van der Waals surface area contributed by atoms with Crippen LogP contribution in [0.15, 0.2) is 0 Å². The van der Waals surface area contributed by atoms with Gasteiger partial charge in [0, 0.05) is 18.8 Å². The maximum Gasteiger partial charge on any atom is 0.328 e. The molecule has 1 saturated carbocycles. The van der Waals surface area contributed by atoms with Crippen LogP contribution in [0.2, 0.25) is 0 Å². The van der Waals surface area contributed by atoms with Crippen molar-refractivity contribution in [3.05, 3.63) is 0 Å². The highest BCUT2D eigenvalue weighted by Gasteiger charge is 2.34. The number of methoxy groups -OCH3 is 1. The average Bonchev–Trinajstić information content (AvgIpc) is 2.34. The Morgan fingerprint density at radius 3 is 2.56 bits per heavy atom. The Morgan fingerprint density at radius 2 is 2.06 bits per heavy atom. The number of rotatable bonds is 4. The molecule has 1 N–H and O–H groups in total. The molecule has 5 heteroatoms. The van der Waals surface area contributed by atoms with E-state index in [2.05, 4.69) is 5.32 Å². The van der Waals surface area contributed by atoms with Gasteiger partial charge in [0.1, 0.15) is 11.8 Å². The van der Waals surface area contributed by atoms with Gasteiger partial charge in [-0.3, -0.25) is 9.59 Å². The zero-order valence-corrected chi connectivity index (χ0v) is 11.2. The summed E-state index contributed by atoms with van der Waals surface area (Å²) in [7, 11) is 1.29. The zero-order valence-electron chi connectivity index (χ0n) is 11.2. The van der Waals surface area contributed by atoms with Crippen LogP contribution in [0.5, 0.6) is 0 Å². The minimum Gasteiger partial charge on any atom is -0.467 e. The van der Waals surface area contributed by atoms with Gasteiger partial charge in [-0.15, -0.1) is 0 Å². The molecule has 0 aliphatic heterocycles. The molecule has 0 bridgehead atoms. The largest absolute Gasteiger partial charge is 0.467 e. The van der Waals surface area contributed by atoms with Crippen LogP contribution >= 0.6 is 0 Å². The Hall–Kier alpha value is -1.39. The molecule has 0 spiro atoms. The number of carbonyl (C=O) groups excluding carboxylic acids is 3. The molecule has 0 aromatic rings. The van der Waals surface area contributed by atoms with Gasteiger partial charge in [0.05, 0.1) is 7.11 Å². The molecular formula is C13H21NO4. The summed E-state index contributed by atoms with van der Waals surface area (Å²) in [5, 5.41) is 2.69. The van der Waals surface area contributed by atoms with Crippen molar-refractivity contribution in [3.8, 4) is 0 Å². The lowest BCUT2D eigenvalue weighted by atomic mass is 9.83. The Kier molecular flexibility index (Phi) is 5.31. The molecule has 102 valence electrons. The Bertz CT molecular complexity index is 338. The molecule has 0 heterocycles. The first-order valence-corrected chi connectivity index (χ1v) is 6.35. The average molecular weight is 255 g/mol. The van der Waals surface area contributed by atoms with Gasteiger partial charge in [-0.2, -0.15) is 0 Å². The van der Waals surface area contributed by atoms with Crippen molar-refractivity contribution in [3.63, 3.8) is 0 Å². The first kappa shape index (κ1) is 14.7. The van der Waals surface area contributed by atoms with E-state index < -0.39 is 12.0 Å². The fraction of sp³-hybridized carbons (Fsp3) is 0.769. The second kappa shape index (κ2) is 6.52. The van der Waals surface area contributed by atoms with Crippen LogP contribution in [0.1, 0.15) is 39.5 Å². The molecule has 0 saturated heterocycles. The summed E-state index contributed by atoms with van der Waals surface area (Å²) in [6.45, 7) is 3.52. The third kappa shape index (κ3) is 3.82. The summed E-state index contributed by atoms with van der Waals surface area (Å²) < 4.78 is 4.72. The predicted molar refractivity (Wildman–Crippen MR) is 65.7 cm³/mol. The Balaban J connectivity index is 2.74. The second-order valence-corrected chi connectivity index (χ2v) is 5.06. The number of hydrogen-bond acceptors (Lipinski definition) is 4. The molecule has 0 radical (unpaired) electrons. The van der Waals surface area contributed by atoms with Gasteiger partial charge in [0.25, 0.3) is 0 Å². The number of ether oxygens (including phenoxy) is 1. The number of hydrogen-bond donors (Lipinski definition) is 1. The van der Waals surface area contributed by atoms with E-state index in [1.807, 2.05) is 0 Å². The first-order chi connectivity index (χ1) is 8.45. The quantitative estimate of drug-likeness (QED) is 0.762. The van der Waals surface area contributed by atoms with Crippen LogP contribution < -0.4 is 5.32 Å². The van der Waals surface area contributed by atoms with E-state index in [9.17, 15) is 14.4 Å². The van der Waals surface area contributed by atoms with Crippen molar-refractivity contribution in [1.82, 2.24) is 5.32 Å². The van der Waals surface area contributed by atoms with E-state index in [-0.39, 0.29) is 23.5 Å². The van der Waals surface area contributed by atoms with Gasteiger partial charge in [-0.05, 0) is 18.8 Å². The van der Waals surface area contributed by atoms with Crippen molar-refractivity contribution in [2.75, 3.05) is 7.11 Å². The highest BCUT2D eigenvalue weighted by Crippen LogP contribution is 2.25. The highest BCUT2D eigenvalue weighted by atomic mass is 16.5. The van der Waals surface area contributed by atoms with E-state index in [0.717, 1.165) is 12.8 Å². The van der Waals surface area contributed by atoms with Gasteiger partial charge in [0.2, 0.25) is 5.91 Å². The van der Waals surface area contributed by atoms with E-state index in [4.69, 9.17) is 4.74 Å². The Labute approximate surface area is 107 Å². The minimum atomic E-state index is -0.700. The van der Waals surface area contributed by atoms with E-state index in [0.29, 0.717) is 12.8 Å². The third-order valence-corrected chi connectivity index (χ3v) is 3.27. The molecule has 1 aliphatic rings. The van der Waals surface area contributed by atoms with E-state index in [1.165, 1.54) is 7.11 Å². The standard InChI is InChI=1S/C13H21NO4/c1-8(2)12(16)14-11(13(17)18-3)9-5-4-6-10(15)7-9/h8-9,11H,4-7H2,1-3H3,(H,14,16)/t9-,11-/m0/s1. The molecule has 1 amide bonds. The first-order valence-electron chi connectivity index (χ1n) is 6.35. The molecule has 18 heavy (non-hydrogen) atoms. The van der Waals surface area contributed by atoms with Crippen LogP contribution in [0, 0.1) is 11.8 Å². The van der Waals surface area contributed by atoms with E-state index >= 15 is 0 Å². The fourth-order valence-corrected chi connectivity index (χ4v) is 2.16. The maximum atomic E-state index is 11.7. The summed E-state index contributed by atoms with van der Waals surface area (Å²) in [4.78, 5) is 34.9. The molecule has 1 fully saturated rings. The third-order valence-electron chi connectivity index (χ3n) is 3.27. The molecule has 1 rings (SSSR count). The minimum absolute atomic E-state index is 0.138. The summed E-state index contributed by atoms with van der Waals surface area (Å²) in [6, 6.07) is -0.700. The smallest absolute Gasteiger partial charge is 0.328 e. The van der Waals surface area contributed by atoms with Crippen molar-refractivity contribution >= 4 is 17.7 Å². The van der Waals surface area contributed by atoms with E-state index in [1.54, 1.807) is 13.8 Å². The van der Waals surface area contributed by atoms with Gasteiger partial charge in [0.15, 0.2) is 0 Å². The van der Waals surface area contributed by atoms with Crippen molar-refractivity contribution < 1.29 is 19.1 Å². The van der Waals surface area contributed by atoms with Crippen molar-refractivity contribution in [2.24, 2.45) is 11.8 Å².